The number of carbonyl (C=O) groups excluding carboxylic acids is 1. The minimum absolute atomic E-state index is 0.0284. The topological polar surface area (TPSA) is 67.6 Å². The number of amides is 1. The average Bonchev–Trinajstić information content (AvgIpc) is 3.01. The monoisotopic (exact) mass is 281 g/mol. The summed E-state index contributed by atoms with van der Waals surface area (Å²) in [5.74, 6) is 0.0284. The largest absolute Gasteiger partial charge is 0.388 e. The Kier molecular flexibility index (Phi) is 4.77. The normalized spacial score (nSPS) is 25.9. The summed E-state index contributed by atoms with van der Waals surface area (Å²) >= 11 is 0. The second kappa shape index (κ2) is 6.37. The minimum Gasteiger partial charge on any atom is -0.388 e. The fourth-order valence-electron chi connectivity index (χ4n) is 2.80. The number of nitrogens with zero attached hydrogens (tertiary/aromatic N) is 3. The number of aromatic nitrogens is 2. The molecule has 6 heteroatoms. The highest BCUT2D eigenvalue weighted by Crippen LogP contribution is 2.26. The SMILES string of the molecule is CO[C@@H]1CC[C@@H](N(C)C(=O)CCn2nccc2C)[C@H]1O. The highest BCUT2D eigenvalue weighted by Gasteiger charge is 2.38. The summed E-state index contributed by atoms with van der Waals surface area (Å²) in [5, 5.41) is 14.3. The van der Waals surface area contributed by atoms with Crippen LogP contribution in [0.4, 0.5) is 0 Å². The predicted octanol–water partition coefficient (Wildman–Crippen LogP) is 0.578. The van der Waals surface area contributed by atoms with Crippen molar-refractivity contribution in [3.8, 4) is 0 Å². The second-order valence-corrected chi connectivity index (χ2v) is 5.36. The lowest BCUT2D eigenvalue weighted by molar-refractivity contribution is -0.135. The molecule has 0 aliphatic heterocycles. The van der Waals surface area contributed by atoms with E-state index in [0.29, 0.717) is 13.0 Å². The van der Waals surface area contributed by atoms with E-state index in [-0.39, 0.29) is 18.1 Å². The number of hydrogen-bond acceptors (Lipinski definition) is 4. The van der Waals surface area contributed by atoms with Crippen molar-refractivity contribution in [3.63, 3.8) is 0 Å². The van der Waals surface area contributed by atoms with Crippen LogP contribution < -0.4 is 0 Å². The summed E-state index contributed by atoms with van der Waals surface area (Å²) in [6, 6.07) is 1.77. The highest BCUT2D eigenvalue weighted by atomic mass is 16.5. The maximum Gasteiger partial charge on any atom is 0.224 e. The van der Waals surface area contributed by atoms with Gasteiger partial charge in [0.15, 0.2) is 0 Å². The number of carbonyl (C=O) groups is 1. The Morgan fingerprint density at radius 3 is 2.90 bits per heavy atom. The third-order valence-corrected chi connectivity index (χ3v) is 4.18. The van der Waals surface area contributed by atoms with Gasteiger partial charge in [0.25, 0.3) is 0 Å². The molecule has 1 heterocycles. The molecule has 20 heavy (non-hydrogen) atoms. The van der Waals surface area contributed by atoms with Gasteiger partial charge in [-0.15, -0.1) is 0 Å². The summed E-state index contributed by atoms with van der Waals surface area (Å²) in [7, 11) is 3.35. The van der Waals surface area contributed by atoms with Gasteiger partial charge in [0.05, 0.1) is 12.1 Å². The lowest BCUT2D eigenvalue weighted by Gasteiger charge is -2.28. The van der Waals surface area contributed by atoms with Gasteiger partial charge in [0.1, 0.15) is 6.10 Å². The number of rotatable bonds is 5. The van der Waals surface area contributed by atoms with Gasteiger partial charge < -0.3 is 14.7 Å². The Balaban J connectivity index is 1.88. The van der Waals surface area contributed by atoms with E-state index in [0.717, 1.165) is 18.5 Å². The van der Waals surface area contributed by atoms with Crippen LogP contribution in [0.2, 0.25) is 0 Å². The highest BCUT2D eigenvalue weighted by molar-refractivity contribution is 5.76. The van der Waals surface area contributed by atoms with Crippen molar-refractivity contribution in [1.29, 1.82) is 0 Å². The molecule has 1 aromatic heterocycles. The number of ether oxygens (including phenoxy) is 1. The smallest absolute Gasteiger partial charge is 0.224 e. The second-order valence-electron chi connectivity index (χ2n) is 5.36. The molecule has 112 valence electrons. The van der Waals surface area contributed by atoms with Crippen molar-refractivity contribution in [2.75, 3.05) is 14.2 Å². The van der Waals surface area contributed by atoms with Crippen molar-refractivity contribution in [1.82, 2.24) is 14.7 Å². The van der Waals surface area contributed by atoms with Crippen LogP contribution in [-0.2, 0) is 16.1 Å². The Hall–Kier alpha value is -1.40. The number of hydrogen-bond donors (Lipinski definition) is 1. The number of likely N-dealkylation sites (N-methyl/N-ethyl adjacent to an activating group) is 1. The van der Waals surface area contributed by atoms with Gasteiger partial charge in [0.2, 0.25) is 5.91 Å². The molecule has 1 aliphatic rings. The first kappa shape index (κ1) is 15.0. The molecule has 0 bridgehead atoms. The van der Waals surface area contributed by atoms with E-state index in [1.54, 1.807) is 25.3 Å². The Bertz CT molecular complexity index is 460. The molecule has 1 aromatic rings. The minimum atomic E-state index is -0.597. The van der Waals surface area contributed by atoms with Crippen LogP contribution in [0.3, 0.4) is 0 Å². The zero-order valence-corrected chi connectivity index (χ0v) is 12.3. The fourth-order valence-corrected chi connectivity index (χ4v) is 2.80. The molecular formula is C14H23N3O3. The molecule has 0 radical (unpaired) electrons. The summed E-state index contributed by atoms with van der Waals surface area (Å²) < 4.78 is 7.03. The van der Waals surface area contributed by atoms with Gasteiger partial charge in [-0.2, -0.15) is 5.10 Å². The van der Waals surface area contributed by atoms with E-state index in [2.05, 4.69) is 5.10 Å². The zero-order valence-electron chi connectivity index (χ0n) is 12.3. The molecule has 1 N–H and O–H groups in total. The maximum absolute atomic E-state index is 12.2. The van der Waals surface area contributed by atoms with Crippen molar-refractivity contribution in [2.45, 2.75) is 51.0 Å². The average molecular weight is 281 g/mol. The summed E-state index contributed by atoms with van der Waals surface area (Å²) in [5.41, 5.74) is 1.04. The summed E-state index contributed by atoms with van der Waals surface area (Å²) in [6.45, 7) is 2.53. The lowest BCUT2D eigenvalue weighted by atomic mass is 10.1. The molecule has 0 saturated heterocycles. The third kappa shape index (κ3) is 3.02. The molecule has 1 amide bonds. The van der Waals surface area contributed by atoms with Crippen LogP contribution in [0.1, 0.15) is 25.0 Å². The molecule has 6 nitrogen and oxygen atoms in total. The number of aryl methyl sites for hydroxylation is 2. The zero-order chi connectivity index (χ0) is 14.7. The number of aliphatic hydroxyl groups excluding tert-OH is 1. The first-order valence-corrected chi connectivity index (χ1v) is 6.99. The van der Waals surface area contributed by atoms with Crippen molar-refractivity contribution in [2.24, 2.45) is 0 Å². The number of aliphatic hydroxyl groups is 1. The summed E-state index contributed by atoms with van der Waals surface area (Å²) in [6.07, 6.45) is 2.93. The van der Waals surface area contributed by atoms with Crippen molar-refractivity contribution >= 4 is 5.91 Å². The van der Waals surface area contributed by atoms with Crippen LogP contribution in [-0.4, -0.2) is 58.1 Å². The van der Waals surface area contributed by atoms with Gasteiger partial charge in [-0.3, -0.25) is 9.48 Å². The quantitative estimate of drug-likeness (QED) is 0.857. The standard InChI is InChI=1S/C14H23N3O3/c1-10-6-8-15-17(10)9-7-13(18)16(2)11-4-5-12(20-3)14(11)19/h6,8,11-12,14,19H,4-5,7,9H2,1-3H3/t11-,12-,14-/m1/s1. The van der Waals surface area contributed by atoms with E-state index >= 15 is 0 Å². The van der Waals surface area contributed by atoms with E-state index in [9.17, 15) is 9.90 Å². The number of methoxy groups -OCH3 is 1. The predicted molar refractivity (Wildman–Crippen MR) is 74.2 cm³/mol. The summed E-state index contributed by atoms with van der Waals surface area (Å²) in [4.78, 5) is 13.9. The van der Waals surface area contributed by atoms with Gasteiger partial charge in [0, 0.05) is 39.0 Å². The Morgan fingerprint density at radius 1 is 1.60 bits per heavy atom. The van der Waals surface area contributed by atoms with Gasteiger partial charge in [-0.25, -0.2) is 0 Å². The first-order valence-electron chi connectivity index (χ1n) is 6.99. The van der Waals surface area contributed by atoms with Crippen LogP contribution in [0.5, 0.6) is 0 Å². The molecule has 0 spiro atoms. The van der Waals surface area contributed by atoms with Crippen molar-refractivity contribution < 1.29 is 14.6 Å². The lowest BCUT2D eigenvalue weighted by Crippen LogP contribution is -2.44. The first-order chi connectivity index (χ1) is 9.54. The van der Waals surface area contributed by atoms with E-state index in [1.165, 1.54) is 0 Å². The molecule has 2 rings (SSSR count). The van der Waals surface area contributed by atoms with Crippen LogP contribution in [0.25, 0.3) is 0 Å². The Morgan fingerprint density at radius 2 is 2.35 bits per heavy atom. The van der Waals surface area contributed by atoms with E-state index < -0.39 is 6.10 Å². The third-order valence-electron chi connectivity index (χ3n) is 4.18. The van der Waals surface area contributed by atoms with Crippen LogP contribution in [0, 0.1) is 6.92 Å². The molecule has 0 aromatic carbocycles. The van der Waals surface area contributed by atoms with Gasteiger partial charge in [-0.1, -0.05) is 0 Å². The van der Waals surface area contributed by atoms with Crippen LogP contribution in [0.15, 0.2) is 12.3 Å². The van der Waals surface area contributed by atoms with E-state index in [4.69, 9.17) is 4.74 Å². The fraction of sp³-hybridized carbons (Fsp3) is 0.714. The van der Waals surface area contributed by atoms with Gasteiger partial charge >= 0.3 is 0 Å². The van der Waals surface area contributed by atoms with E-state index in [1.807, 2.05) is 17.7 Å². The molecule has 0 unspecified atom stereocenters. The molecular weight excluding hydrogens is 258 g/mol. The maximum atomic E-state index is 12.2. The van der Waals surface area contributed by atoms with Crippen molar-refractivity contribution in [3.05, 3.63) is 18.0 Å². The van der Waals surface area contributed by atoms with Gasteiger partial charge in [-0.05, 0) is 25.8 Å². The Labute approximate surface area is 119 Å². The molecule has 3 atom stereocenters. The molecule has 1 fully saturated rings. The molecule has 1 saturated carbocycles. The van der Waals surface area contributed by atoms with Crippen LogP contribution >= 0.6 is 0 Å². The molecule has 1 aliphatic carbocycles.